The number of carbonyl (C=O) groups excluding carboxylic acids is 1. The van der Waals surface area contributed by atoms with Gasteiger partial charge in [0.05, 0.1) is 10.6 Å². The molecule has 0 aliphatic heterocycles. The normalized spacial score (nSPS) is 11.6. The zero-order valence-corrected chi connectivity index (χ0v) is 16.1. The van der Waals surface area contributed by atoms with Gasteiger partial charge in [0, 0.05) is 6.08 Å². The summed E-state index contributed by atoms with van der Waals surface area (Å²) in [5.41, 5.74) is 1.29. The number of amides is 1. The highest BCUT2D eigenvalue weighted by atomic mass is 32.2. The molecule has 138 valence electrons. The van der Waals surface area contributed by atoms with Crippen LogP contribution in [0.1, 0.15) is 38.2 Å². The first-order chi connectivity index (χ1) is 12.5. The number of nitrogens with zero attached hydrogens (tertiary/aromatic N) is 1. The van der Waals surface area contributed by atoms with E-state index in [0.717, 1.165) is 35.6 Å². The van der Waals surface area contributed by atoms with Gasteiger partial charge in [-0.1, -0.05) is 61.7 Å². The van der Waals surface area contributed by atoms with Crippen molar-refractivity contribution >= 4 is 21.6 Å². The Morgan fingerprint density at radius 3 is 2.27 bits per heavy atom. The second-order valence-corrected chi connectivity index (χ2v) is 7.94. The highest BCUT2D eigenvalue weighted by molar-refractivity contribution is 7.93. The van der Waals surface area contributed by atoms with Crippen molar-refractivity contribution in [1.29, 1.82) is 0 Å². The number of para-hydroxylation sites is 1. The van der Waals surface area contributed by atoms with Crippen molar-refractivity contribution in [3.8, 4) is 0 Å². The zero-order chi connectivity index (χ0) is 19.0. The van der Waals surface area contributed by atoms with Crippen molar-refractivity contribution in [2.24, 2.45) is 0 Å². The molecule has 2 aromatic rings. The molecule has 0 aromatic heterocycles. The largest absolute Gasteiger partial charge is 0.271 e. The Bertz CT molecular complexity index is 841. The first-order valence-corrected chi connectivity index (χ1v) is 10.3. The van der Waals surface area contributed by atoms with E-state index in [0.29, 0.717) is 5.69 Å². The van der Waals surface area contributed by atoms with Gasteiger partial charge in [-0.2, -0.15) is 4.31 Å². The minimum Gasteiger partial charge on any atom is -0.268 e. The third-order valence-electron chi connectivity index (χ3n) is 3.98. The first-order valence-electron chi connectivity index (χ1n) is 8.84. The maximum absolute atomic E-state index is 13.1. The fourth-order valence-corrected chi connectivity index (χ4v) is 3.92. The van der Waals surface area contributed by atoms with Gasteiger partial charge in [0.1, 0.15) is 0 Å². The van der Waals surface area contributed by atoms with E-state index < -0.39 is 15.9 Å². The molecule has 0 aliphatic carbocycles. The molecule has 0 aliphatic rings. The molecule has 0 atom stereocenters. The van der Waals surface area contributed by atoms with Crippen LogP contribution < -0.4 is 4.31 Å². The average Bonchev–Trinajstić information content (AvgIpc) is 2.63. The molecule has 0 unspecified atom stereocenters. The van der Waals surface area contributed by atoms with Crippen molar-refractivity contribution < 1.29 is 13.2 Å². The summed E-state index contributed by atoms with van der Waals surface area (Å²) in [5.74, 6) is -0.562. The molecular formula is C21H25NO3S. The van der Waals surface area contributed by atoms with Crippen LogP contribution in [-0.4, -0.2) is 14.3 Å². The molecule has 0 saturated heterocycles. The van der Waals surface area contributed by atoms with Crippen LogP contribution in [0.25, 0.3) is 0 Å². The number of aryl methyl sites for hydroxylation is 1. The Hall–Kier alpha value is -2.40. The SMILES string of the molecule is CCCCC/C=C/C(=O)N(c1ccccc1)S(=O)(=O)c1ccc(C)cc1. The van der Waals surface area contributed by atoms with Gasteiger partial charge in [-0.25, -0.2) is 8.42 Å². The number of allylic oxidation sites excluding steroid dienone is 1. The predicted octanol–water partition coefficient (Wildman–Crippen LogP) is 4.85. The number of unbranched alkanes of at least 4 members (excludes halogenated alkanes) is 3. The van der Waals surface area contributed by atoms with E-state index in [2.05, 4.69) is 6.92 Å². The lowest BCUT2D eigenvalue weighted by molar-refractivity contribution is -0.113. The van der Waals surface area contributed by atoms with Crippen LogP contribution in [0.15, 0.2) is 71.6 Å². The van der Waals surface area contributed by atoms with Crippen LogP contribution in [-0.2, 0) is 14.8 Å². The molecule has 4 nitrogen and oxygen atoms in total. The summed E-state index contributed by atoms with van der Waals surface area (Å²) in [4.78, 5) is 12.8. The summed E-state index contributed by atoms with van der Waals surface area (Å²) >= 11 is 0. The van der Waals surface area contributed by atoms with Gasteiger partial charge in [-0.05, 0) is 44.0 Å². The van der Waals surface area contributed by atoms with Gasteiger partial charge in [0.2, 0.25) is 0 Å². The monoisotopic (exact) mass is 371 g/mol. The lowest BCUT2D eigenvalue weighted by Crippen LogP contribution is -2.35. The van der Waals surface area contributed by atoms with Crippen LogP contribution in [0.3, 0.4) is 0 Å². The number of hydrogen-bond acceptors (Lipinski definition) is 3. The van der Waals surface area contributed by atoms with Gasteiger partial charge in [0.15, 0.2) is 0 Å². The van der Waals surface area contributed by atoms with E-state index >= 15 is 0 Å². The van der Waals surface area contributed by atoms with Gasteiger partial charge < -0.3 is 0 Å². The van der Waals surface area contributed by atoms with Crippen LogP contribution >= 0.6 is 0 Å². The molecule has 2 rings (SSSR count). The van der Waals surface area contributed by atoms with Crippen molar-refractivity contribution in [3.63, 3.8) is 0 Å². The molecule has 0 N–H and O–H groups in total. The standard InChI is InChI=1S/C21H25NO3S/c1-3-4-5-6-10-13-21(23)22(19-11-8-7-9-12-19)26(24,25)20-16-14-18(2)15-17-20/h7-17H,3-6H2,1-2H3/b13-10+. The topological polar surface area (TPSA) is 54.5 Å². The van der Waals surface area contributed by atoms with Crippen LogP contribution in [0, 0.1) is 6.92 Å². The van der Waals surface area contributed by atoms with Crippen LogP contribution in [0.2, 0.25) is 0 Å². The smallest absolute Gasteiger partial charge is 0.268 e. The summed E-state index contributed by atoms with van der Waals surface area (Å²) in [6, 6.07) is 14.9. The Kier molecular flexibility index (Phi) is 7.16. The molecule has 0 heterocycles. The zero-order valence-electron chi connectivity index (χ0n) is 15.3. The van der Waals surface area contributed by atoms with Gasteiger partial charge >= 0.3 is 0 Å². The van der Waals surface area contributed by atoms with Crippen molar-refractivity contribution in [2.75, 3.05) is 4.31 Å². The fraction of sp³-hybridized carbons (Fsp3) is 0.286. The number of carbonyl (C=O) groups is 1. The molecule has 0 saturated carbocycles. The second kappa shape index (κ2) is 9.34. The molecule has 5 heteroatoms. The third-order valence-corrected chi connectivity index (χ3v) is 5.72. The minimum absolute atomic E-state index is 0.0969. The second-order valence-electron chi connectivity index (χ2n) is 6.15. The van der Waals surface area contributed by atoms with Crippen molar-refractivity contribution in [3.05, 3.63) is 72.3 Å². The Morgan fingerprint density at radius 1 is 1.00 bits per heavy atom. The average molecular weight is 372 g/mol. The Morgan fingerprint density at radius 2 is 1.65 bits per heavy atom. The molecule has 0 spiro atoms. The van der Waals surface area contributed by atoms with E-state index in [1.807, 2.05) is 6.92 Å². The number of benzene rings is 2. The number of rotatable bonds is 8. The minimum atomic E-state index is -3.98. The third kappa shape index (κ3) is 5.05. The fourth-order valence-electron chi connectivity index (χ4n) is 2.53. The number of sulfonamides is 1. The highest BCUT2D eigenvalue weighted by Gasteiger charge is 2.29. The summed E-state index contributed by atoms with van der Waals surface area (Å²) in [6.07, 6.45) is 7.03. The molecule has 2 aromatic carbocycles. The Labute approximate surface area is 156 Å². The summed E-state index contributed by atoms with van der Waals surface area (Å²) < 4.78 is 27.1. The van der Waals surface area contributed by atoms with Crippen molar-refractivity contribution in [2.45, 2.75) is 44.4 Å². The Balaban J connectivity index is 2.35. The van der Waals surface area contributed by atoms with Gasteiger partial charge in [0.25, 0.3) is 15.9 Å². The van der Waals surface area contributed by atoms with Gasteiger partial charge in [-0.15, -0.1) is 0 Å². The van der Waals surface area contributed by atoms with Crippen LogP contribution in [0.4, 0.5) is 5.69 Å². The van der Waals surface area contributed by atoms with E-state index in [1.165, 1.54) is 18.2 Å². The lowest BCUT2D eigenvalue weighted by Gasteiger charge is -2.21. The maximum atomic E-state index is 13.1. The lowest BCUT2D eigenvalue weighted by atomic mass is 10.2. The number of hydrogen-bond donors (Lipinski definition) is 0. The highest BCUT2D eigenvalue weighted by Crippen LogP contribution is 2.24. The first kappa shape index (κ1) is 19.9. The van der Waals surface area contributed by atoms with E-state index in [9.17, 15) is 13.2 Å². The molecule has 26 heavy (non-hydrogen) atoms. The maximum Gasteiger partial charge on any atom is 0.271 e. The van der Waals surface area contributed by atoms with Crippen molar-refractivity contribution in [1.82, 2.24) is 0 Å². The van der Waals surface area contributed by atoms with Gasteiger partial charge in [-0.3, -0.25) is 4.79 Å². The van der Waals surface area contributed by atoms with E-state index in [-0.39, 0.29) is 4.90 Å². The summed E-state index contributed by atoms with van der Waals surface area (Å²) in [6.45, 7) is 4.00. The van der Waals surface area contributed by atoms with E-state index in [4.69, 9.17) is 0 Å². The van der Waals surface area contributed by atoms with E-state index in [1.54, 1.807) is 48.5 Å². The molecule has 0 radical (unpaired) electrons. The summed E-state index contributed by atoms with van der Waals surface area (Å²) in [7, 11) is -3.98. The molecule has 0 bridgehead atoms. The quantitative estimate of drug-likeness (QED) is 0.492. The predicted molar refractivity (Wildman–Crippen MR) is 106 cm³/mol. The molecule has 0 fully saturated rings. The summed E-state index contributed by atoms with van der Waals surface area (Å²) in [5, 5.41) is 0. The number of anilines is 1. The molecular weight excluding hydrogens is 346 g/mol. The van der Waals surface area contributed by atoms with Crippen LogP contribution in [0.5, 0.6) is 0 Å². The molecule has 1 amide bonds.